The first kappa shape index (κ1) is 15.0. The van der Waals surface area contributed by atoms with Crippen molar-refractivity contribution in [2.45, 2.75) is 13.5 Å². The van der Waals surface area contributed by atoms with E-state index in [0.29, 0.717) is 12.1 Å². The molecule has 0 aliphatic carbocycles. The van der Waals surface area contributed by atoms with Crippen molar-refractivity contribution < 1.29 is 9.18 Å². The number of halogens is 1. The van der Waals surface area contributed by atoms with Crippen LogP contribution in [0.1, 0.15) is 16.7 Å². The zero-order valence-corrected chi connectivity index (χ0v) is 12.2. The topological polar surface area (TPSA) is 20.3 Å². The maximum Gasteiger partial charge on any atom is 0.246 e. The Hall–Kier alpha value is -2.42. The number of likely N-dealkylation sites (N-methyl/N-ethyl adjacent to an activating group) is 1. The van der Waals surface area contributed by atoms with Crippen molar-refractivity contribution in [3.05, 3.63) is 77.1 Å². The van der Waals surface area contributed by atoms with E-state index < -0.39 is 0 Å². The lowest BCUT2D eigenvalue weighted by molar-refractivity contribution is -0.125. The molecule has 2 aromatic rings. The fourth-order valence-corrected chi connectivity index (χ4v) is 2.02. The molecular weight excluding hydrogens is 265 g/mol. The molecule has 0 atom stereocenters. The van der Waals surface area contributed by atoms with Gasteiger partial charge in [0.1, 0.15) is 5.82 Å². The minimum absolute atomic E-state index is 0.151. The van der Waals surface area contributed by atoms with Crippen LogP contribution in [-0.4, -0.2) is 17.9 Å². The number of benzene rings is 2. The first-order valence-electron chi connectivity index (χ1n) is 6.80. The fraction of sp³-hybridized carbons (Fsp3) is 0.167. The number of aryl methyl sites for hydroxylation is 1. The Morgan fingerprint density at radius 1 is 1.14 bits per heavy atom. The predicted molar refractivity (Wildman–Crippen MR) is 83.1 cm³/mol. The molecule has 2 aromatic carbocycles. The largest absolute Gasteiger partial charge is 0.338 e. The zero-order valence-electron chi connectivity index (χ0n) is 12.2. The number of carbonyl (C=O) groups excluding carboxylic acids is 1. The van der Waals surface area contributed by atoms with Crippen LogP contribution in [0.3, 0.4) is 0 Å². The van der Waals surface area contributed by atoms with Crippen molar-refractivity contribution in [1.82, 2.24) is 4.90 Å². The predicted octanol–water partition coefficient (Wildman–Crippen LogP) is 3.81. The summed E-state index contributed by atoms with van der Waals surface area (Å²) in [4.78, 5) is 13.7. The summed E-state index contributed by atoms with van der Waals surface area (Å²) in [5.41, 5.74) is 2.66. The van der Waals surface area contributed by atoms with E-state index in [1.165, 1.54) is 18.2 Å². The van der Waals surface area contributed by atoms with Crippen LogP contribution in [0.5, 0.6) is 0 Å². The first-order valence-corrected chi connectivity index (χ1v) is 6.80. The van der Waals surface area contributed by atoms with Gasteiger partial charge >= 0.3 is 0 Å². The Kier molecular flexibility index (Phi) is 4.88. The average molecular weight is 283 g/mol. The molecule has 21 heavy (non-hydrogen) atoms. The number of rotatable bonds is 4. The average Bonchev–Trinajstić information content (AvgIpc) is 2.48. The molecule has 0 unspecified atom stereocenters. The molecule has 0 aliphatic heterocycles. The van der Waals surface area contributed by atoms with Gasteiger partial charge in [0.15, 0.2) is 0 Å². The van der Waals surface area contributed by atoms with Crippen molar-refractivity contribution >= 4 is 12.0 Å². The van der Waals surface area contributed by atoms with Crippen LogP contribution >= 0.6 is 0 Å². The summed E-state index contributed by atoms with van der Waals surface area (Å²) in [5, 5.41) is 0. The van der Waals surface area contributed by atoms with E-state index in [1.54, 1.807) is 30.1 Å². The highest BCUT2D eigenvalue weighted by Crippen LogP contribution is 2.11. The van der Waals surface area contributed by atoms with E-state index >= 15 is 0 Å². The molecule has 0 heterocycles. The second-order valence-corrected chi connectivity index (χ2v) is 4.98. The lowest BCUT2D eigenvalue weighted by Gasteiger charge is -2.16. The Balaban J connectivity index is 2.03. The van der Waals surface area contributed by atoms with Gasteiger partial charge in [-0.05, 0) is 30.2 Å². The van der Waals surface area contributed by atoms with E-state index in [9.17, 15) is 9.18 Å². The van der Waals surface area contributed by atoms with Gasteiger partial charge in [-0.3, -0.25) is 4.79 Å². The molecule has 0 radical (unpaired) electrons. The van der Waals surface area contributed by atoms with Gasteiger partial charge in [-0.1, -0.05) is 42.5 Å². The molecule has 0 saturated carbocycles. The van der Waals surface area contributed by atoms with Crippen LogP contribution in [0.15, 0.2) is 54.6 Å². The Morgan fingerprint density at radius 2 is 1.81 bits per heavy atom. The summed E-state index contributed by atoms with van der Waals surface area (Å²) >= 11 is 0. The summed E-state index contributed by atoms with van der Waals surface area (Å²) < 4.78 is 13.5. The number of hydrogen-bond acceptors (Lipinski definition) is 1. The van der Waals surface area contributed by atoms with Crippen LogP contribution in [-0.2, 0) is 11.3 Å². The van der Waals surface area contributed by atoms with E-state index in [2.05, 4.69) is 0 Å². The molecule has 0 N–H and O–H groups in total. The van der Waals surface area contributed by atoms with Crippen molar-refractivity contribution in [3.63, 3.8) is 0 Å². The highest BCUT2D eigenvalue weighted by Gasteiger charge is 2.07. The second-order valence-electron chi connectivity index (χ2n) is 4.98. The van der Waals surface area contributed by atoms with Gasteiger partial charge in [0.25, 0.3) is 0 Å². The smallest absolute Gasteiger partial charge is 0.246 e. The van der Waals surface area contributed by atoms with Gasteiger partial charge in [-0.25, -0.2) is 4.39 Å². The summed E-state index contributed by atoms with van der Waals surface area (Å²) in [6.07, 6.45) is 2.91. The fourth-order valence-electron chi connectivity index (χ4n) is 2.02. The van der Waals surface area contributed by atoms with Crippen LogP contribution in [0.4, 0.5) is 4.39 Å². The normalized spacial score (nSPS) is 10.8. The van der Waals surface area contributed by atoms with Crippen molar-refractivity contribution in [2.24, 2.45) is 0 Å². The zero-order chi connectivity index (χ0) is 15.2. The van der Waals surface area contributed by atoms with Gasteiger partial charge < -0.3 is 4.90 Å². The third-order valence-corrected chi connectivity index (χ3v) is 3.36. The van der Waals surface area contributed by atoms with Gasteiger partial charge in [-0.15, -0.1) is 0 Å². The van der Waals surface area contributed by atoms with Crippen molar-refractivity contribution in [2.75, 3.05) is 7.05 Å². The van der Waals surface area contributed by atoms with Crippen LogP contribution < -0.4 is 0 Å². The van der Waals surface area contributed by atoms with Crippen molar-refractivity contribution in [3.8, 4) is 0 Å². The van der Waals surface area contributed by atoms with E-state index in [1.807, 2.05) is 31.2 Å². The molecule has 2 rings (SSSR count). The highest BCUT2D eigenvalue weighted by atomic mass is 19.1. The summed E-state index contributed by atoms with van der Waals surface area (Å²) in [5.74, 6) is -0.482. The van der Waals surface area contributed by atoms with Gasteiger partial charge in [-0.2, -0.15) is 0 Å². The maximum atomic E-state index is 13.5. The lowest BCUT2D eigenvalue weighted by atomic mass is 10.1. The third-order valence-electron chi connectivity index (χ3n) is 3.36. The Labute approximate surface area is 124 Å². The van der Waals surface area contributed by atoms with E-state index in [4.69, 9.17) is 0 Å². The molecule has 0 aliphatic rings. The first-order chi connectivity index (χ1) is 10.1. The molecule has 0 aromatic heterocycles. The second kappa shape index (κ2) is 6.84. The van der Waals surface area contributed by atoms with Crippen LogP contribution in [0.25, 0.3) is 6.08 Å². The summed E-state index contributed by atoms with van der Waals surface area (Å²) in [6, 6.07) is 14.3. The molecule has 1 amide bonds. The van der Waals surface area contributed by atoms with Gasteiger partial charge in [0.05, 0.1) is 0 Å². The number of nitrogens with zero attached hydrogens (tertiary/aromatic N) is 1. The van der Waals surface area contributed by atoms with Gasteiger partial charge in [0, 0.05) is 25.2 Å². The van der Waals surface area contributed by atoms with Crippen LogP contribution in [0.2, 0.25) is 0 Å². The van der Waals surface area contributed by atoms with Crippen LogP contribution in [0, 0.1) is 12.7 Å². The maximum absolute atomic E-state index is 13.5. The summed E-state index contributed by atoms with van der Waals surface area (Å²) in [6.45, 7) is 2.55. The quantitative estimate of drug-likeness (QED) is 0.781. The minimum Gasteiger partial charge on any atom is -0.338 e. The molecule has 0 spiro atoms. The molecule has 108 valence electrons. The van der Waals surface area contributed by atoms with E-state index in [0.717, 1.165) is 11.1 Å². The monoisotopic (exact) mass is 283 g/mol. The summed E-state index contributed by atoms with van der Waals surface area (Å²) in [7, 11) is 1.74. The standard InChI is InChI=1S/C18H18FNO/c1-14-7-3-4-9-16(14)13-20(2)18(21)12-11-15-8-5-6-10-17(15)19/h3-12H,13H2,1-2H3/b12-11+. The SMILES string of the molecule is Cc1ccccc1CN(C)C(=O)/C=C/c1ccccc1F. The molecular formula is C18H18FNO. The Morgan fingerprint density at radius 3 is 2.52 bits per heavy atom. The lowest BCUT2D eigenvalue weighted by Crippen LogP contribution is -2.24. The number of hydrogen-bond donors (Lipinski definition) is 0. The Bertz CT molecular complexity index is 664. The molecule has 0 fully saturated rings. The number of amides is 1. The molecule has 0 bridgehead atoms. The van der Waals surface area contributed by atoms with E-state index in [-0.39, 0.29) is 11.7 Å². The van der Waals surface area contributed by atoms with Gasteiger partial charge in [0.2, 0.25) is 5.91 Å². The highest BCUT2D eigenvalue weighted by molar-refractivity contribution is 5.91. The third kappa shape index (κ3) is 4.02. The number of carbonyl (C=O) groups is 1. The van der Waals surface area contributed by atoms with Crippen molar-refractivity contribution in [1.29, 1.82) is 0 Å². The minimum atomic E-state index is -0.330. The molecule has 2 nitrogen and oxygen atoms in total. The molecule has 0 saturated heterocycles. The molecule has 3 heteroatoms.